The molecule has 1 aromatic rings. The van der Waals surface area contributed by atoms with Crippen LogP contribution in [-0.2, 0) is 4.74 Å². The molecule has 21 heavy (non-hydrogen) atoms. The van der Waals surface area contributed by atoms with Gasteiger partial charge in [0.05, 0.1) is 18.2 Å². The summed E-state index contributed by atoms with van der Waals surface area (Å²) < 4.78 is 6.33. The van der Waals surface area contributed by atoms with Crippen LogP contribution in [0.25, 0.3) is 0 Å². The van der Waals surface area contributed by atoms with Crippen molar-refractivity contribution in [3.8, 4) is 0 Å². The van der Waals surface area contributed by atoms with E-state index in [-0.39, 0.29) is 18.1 Å². The summed E-state index contributed by atoms with van der Waals surface area (Å²) in [6.07, 6.45) is 10.4. The van der Waals surface area contributed by atoms with E-state index in [1.165, 1.54) is 38.5 Å². The Balaban J connectivity index is 1.65. The van der Waals surface area contributed by atoms with Gasteiger partial charge in [0, 0.05) is 6.07 Å². The molecule has 0 spiro atoms. The van der Waals surface area contributed by atoms with E-state index in [1.54, 1.807) is 6.07 Å². The quantitative estimate of drug-likeness (QED) is 0.834. The maximum absolute atomic E-state index is 6.33. The van der Waals surface area contributed by atoms with Gasteiger partial charge in [0.2, 0.25) is 5.95 Å². The van der Waals surface area contributed by atoms with Crippen molar-refractivity contribution < 1.29 is 4.74 Å². The Bertz CT molecular complexity index is 458. The Morgan fingerprint density at radius 3 is 2.57 bits per heavy atom. The van der Waals surface area contributed by atoms with E-state index in [9.17, 15) is 0 Å². The molecule has 5 nitrogen and oxygen atoms in total. The van der Waals surface area contributed by atoms with Gasteiger partial charge in [-0.3, -0.25) is 0 Å². The van der Waals surface area contributed by atoms with Gasteiger partial charge in [0.15, 0.2) is 0 Å². The highest BCUT2D eigenvalue weighted by Crippen LogP contribution is 2.29. The number of halogens is 1. The van der Waals surface area contributed by atoms with E-state index in [0.717, 1.165) is 12.8 Å². The van der Waals surface area contributed by atoms with Crippen molar-refractivity contribution in [2.75, 3.05) is 11.1 Å². The summed E-state index contributed by atoms with van der Waals surface area (Å²) in [5.41, 5.74) is 5.65. The van der Waals surface area contributed by atoms with E-state index in [4.69, 9.17) is 22.1 Å². The maximum Gasteiger partial charge on any atom is 0.223 e. The Morgan fingerprint density at radius 2 is 1.81 bits per heavy atom. The van der Waals surface area contributed by atoms with E-state index in [0.29, 0.717) is 17.1 Å². The minimum Gasteiger partial charge on any atom is -0.373 e. The highest BCUT2D eigenvalue weighted by Gasteiger charge is 2.29. The number of hydrogen-bond acceptors (Lipinski definition) is 5. The molecule has 2 aliphatic rings. The molecule has 0 bridgehead atoms. The Labute approximate surface area is 130 Å². The summed E-state index contributed by atoms with van der Waals surface area (Å²) in [5.74, 6) is 0.897. The number of nitrogens with one attached hydrogen (secondary N) is 1. The van der Waals surface area contributed by atoms with Crippen LogP contribution in [0, 0.1) is 0 Å². The molecule has 2 fully saturated rings. The average Bonchev–Trinajstić information content (AvgIpc) is 2.93. The molecular formula is C15H23ClN4O. The summed E-state index contributed by atoms with van der Waals surface area (Å²) in [5, 5.41) is 3.82. The first-order valence-electron chi connectivity index (χ1n) is 7.93. The summed E-state index contributed by atoms with van der Waals surface area (Å²) in [6.45, 7) is 0. The first-order chi connectivity index (χ1) is 10.2. The lowest BCUT2D eigenvalue weighted by Gasteiger charge is -2.34. The number of hydrogen-bond donors (Lipinski definition) is 2. The van der Waals surface area contributed by atoms with Crippen LogP contribution >= 0.6 is 11.6 Å². The highest BCUT2D eigenvalue weighted by molar-refractivity contribution is 6.29. The van der Waals surface area contributed by atoms with Crippen LogP contribution in [0.1, 0.15) is 51.4 Å². The minimum atomic E-state index is 0.203. The van der Waals surface area contributed by atoms with E-state index in [2.05, 4.69) is 15.3 Å². The second-order valence-corrected chi connectivity index (χ2v) is 6.44. The molecule has 3 rings (SSSR count). The van der Waals surface area contributed by atoms with Crippen LogP contribution in [0.15, 0.2) is 6.07 Å². The molecule has 6 heteroatoms. The molecule has 2 aliphatic carbocycles. The van der Waals surface area contributed by atoms with Crippen molar-refractivity contribution in [1.29, 1.82) is 0 Å². The van der Waals surface area contributed by atoms with Crippen molar-refractivity contribution in [3.05, 3.63) is 11.2 Å². The van der Waals surface area contributed by atoms with Gasteiger partial charge in [0.25, 0.3) is 0 Å². The van der Waals surface area contributed by atoms with Gasteiger partial charge in [-0.05, 0) is 25.7 Å². The van der Waals surface area contributed by atoms with Crippen LogP contribution in [-0.4, -0.2) is 28.2 Å². The van der Waals surface area contributed by atoms with Crippen molar-refractivity contribution in [3.63, 3.8) is 0 Å². The fourth-order valence-electron chi connectivity index (χ4n) is 3.40. The first kappa shape index (κ1) is 14.9. The first-order valence-corrected chi connectivity index (χ1v) is 8.30. The Kier molecular flexibility index (Phi) is 4.80. The van der Waals surface area contributed by atoms with Crippen molar-refractivity contribution in [1.82, 2.24) is 9.97 Å². The number of anilines is 2. The molecule has 116 valence electrons. The zero-order chi connectivity index (χ0) is 14.7. The van der Waals surface area contributed by atoms with Gasteiger partial charge < -0.3 is 15.8 Å². The lowest BCUT2D eigenvalue weighted by atomic mass is 9.92. The number of nitrogen functional groups attached to an aromatic ring is 1. The second-order valence-electron chi connectivity index (χ2n) is 6.05. The molecule has 1 aromatic heterocycles. The van der Waals surface area contributed by atoms with E-state index in [1.807, 2.05) is 0 Å². The van der Waals surface area contributed by atoms with Crippen LogP contribution < -0.4 is 11.1 Å². The van der Waals surface area contributed by atoms with Gasteiger partial charge >= 0.3 is 0 Å². The summed E-state index contributed by atoms with van der Waals surface area (Å²) in [6, 6.07) is 2.00. The molecular weight excluding hydrogens is 288 g/mol. The number of nitrogens with zero attached hydrogens (tertiary/aromatic N) is 2. The summed E-state index contributed by atoms with van der Waals surface area (Å²) >= 11 is 5.94. The molecule has 0 saturated heterocycles. The smallest absolute Gasteiger partial charge is 0.223 e. The van der Waals surface area contributed by atoms with Crippen LogP contribution in [0.4, 0.5) is 11.8 Å². The van der Waals surface area contributed by atoms with Gasteiger partial charge in [-0.25, -0.2) is 4.98 Å². The van der Waals surface area contributed by atoms with Gasteiger partial charge in [0.1, 0.15) is 11.0 Å². The molecule has 3 N–H and O–H groups in total. The predicted octanol–water partition coefficient (Wildman–Crippen LogP) is 3.39. The zero-order valence-electron chi connectivity index (χ0n) is 12.2. The van der Waals surface area contributed by atoms with E-state index >= 15 is 0 Å². The molecule has 1 heterocycles. The van der Waals surface area contributed by atoms with Gasteiger partial charge in [-0.2, -0.15) is 4.98 Å². The molecule has 2 atom stereocenters. The van der Waals surface area contributed by atoms with Crippen LogP contribution in [0.2, 0.25) is 5.15 Å². The summed E-state index contributed by atoms with van der Waals surface area (Å²) in [4.78, 5) is 8.10. The molecule has 0 aliphatic heterocycles. The average molecular weight is 311 g/mol. The minimum absolute atomic E-state index is 0.203. The molecule has 0 amide bonds. The largest absolute Gasteiger partial charge is 0.373 e. The van der Waals surface area contributed by atoms with Crippen molar-refractivity contribution in [2.24, 2.45) is 0 Å². The SMILES string of the molecule is Nc1nc(Cl)cc(N[C@@H]2CCCC[C@@H]2OC2CCCC2)n1. The van der Waals surface area contributed by atoms with Crippen molar-refractivity contribution in [2.45, 2.75) is 69.6 Å². The maximum atomic E-state index is 6.33. The summed E-state index contributed by atoms with van der Waals surface area (Å²) in [7, 11) is 0. The number of aromatic nitrogens is 2. The van der Waals surface area contributed by atoms with E-state index < -0.39 is 0 Å². The second kappa shape index (κ2) is 6.79. The molecule has 0 aromatic carbocycles. The number of ether oxygens (including phenoxy) is 1. The molecule has 0 unspecified atom stereocenters. The third kappa shape index (κ3) is 3.98. The third-order valence-corrected chi connectivity index (χ3v) is 4.61. The topological polar surface area (TPSA) is 73.1 Å². The van der Waals surface area contributed by atoms with Crippen LogP contribution in [0.5, 0.6) is 0 Å². The third-order valence-electron chi connectivity index (χ3n) is 4.42. The predicted molar refractivity (Wildman–Crippen MR) is 84.5 cm³/mol. The number of nitrogens with two attached hydrogens (primary N) is 1. The lowest BCUT2D eigenvalue weighted by Crippen LogP contribution is -2.40. The number of rotatable bonds is 4. The normalized spacial score (nSPS) is 26.9. The lowest BCUT2D eigenvalue weighted by molar-refractivity contribution is -0.0322. The van der Waals surface area contributed by atoms with Gasteiger partial charge in [-0.1, -0.05) is 37.3 Å². The fourth-order valence-corrected chi connectivity index (χ4v) is 3.59. The highest BCUT2D eigenvalue weighted by atomic mass is 35.5. The monoisotopic (exact) mass is 310 g/mol. The Hall–Kier alpha value is -1.07. The van der Waals surface area contributed by atoms with Crippen LogP contribution in [0.3, 0.4) is 0 Å². The van der Waals surface area contributed by atoms with Gasteiger partial charge in [-0.15, -0.1) is 0 Å². The standard InChI is InChI=1S/C15H23ClN4O/c16-13-9-14(20-15(17)19-13)18-11-7-3-4-8-12(11)21-10-5-1-2-6-10/h9-12H,1-8H2,(H3,17,18,19,20)/t11-,12+/m1/s1. The Morgan fingerprint density at radius 1 is 1.10 bits per heavy atom. The van der Waals surface area contributed by atoms with Crippen molar-refractivity contribution >= 4 is 23.4 Å². The zero-order valence-corrected chi connectivity index (χ0v) is 13.0. The molecule has 2 saturated carbocycles. The fraction of sp³-hybridized carbons (Fsp3) is 0.733. The molecule has 0 radical (unpaired) electrons.